The number of anilines is 1. The van der Waals surface area contributed by atoms with Crippen LogP contribution in [0.3, 0.4) is 0 Å². The molecule has 0 aromatic carbocycles. The predicted molar refractivity (Wildman–Crippen MR) is 69.7 cm³/mol. The average Bonchev–Trinajstić information content (AvgIpc) is 2.27. The molecule has 1 aliphatic carbocycles. The Bertz CT molecular complexity index is 506. The van der Waals surface area contributed by atoms with Gasteiger partial charge in [0.25, 0.3) is 0 Å². The molecule has 1 aliphatic rings. The Morgan fingerprint density at radius 3 is 2.50 bits per heavy atom. The summed E-state index contributed by atoms with van der Waals surface area (Å²) in [5.74, 6) is 0.685. The molecule has 0 unspecified atom stereocenters. The summed E-state index contributed by atoms with van der Waals surface area (Å²) in [5, 5.41) is 3.22. The van der Waals surface area contributed by atoms with Gasteiger partial charge in [0.15, 0.2) is 0 Å². The van der Waals surface area contributed by atoms with E-state index in [9.17, 15) is 8.42 Å². The van der Waals surface area contributed by atoms with Crippen molar-refractivity contribution in [1.82, 2.24) is 9.29 Å². The number of hydrogen-bond acceptors (Lipinski definition) is 5. The fraction of sp³-hybridized carbons (Fsp3) is 0.545. The lowest BCUT2D eigenvalue weighted by molar-refractivity contribution is 0.373. The highest BCUT2D eigenvalue weighted by Crippen LogP contribution is 2.22. The monoisotopic (exact) mass is 270 g/mol. The number of pyridine rings is 1. The fourth-order valence-corrected chi connectivity index (χ4v) is 2.67. The maximum absolute atomic E-state index is 11.8. The number of nitrogens with two attached hydrogens (primary N) is 1. The van der Waals surface area contributed by atoms with Crippen molar-refractivity contribution in [2.75, 3.05) is 19.4 Å². The maximum Gasteiger partial charge on any atom is 0.244 e. The van der Waals surface area contributed by atoms with Gasteiger partial charge >= 0.3 is 0 Å². The Kier molecular flexibility index (Phi) is 3.56. The van der Waals surface area contributed by atoms with Gasteiger partial charge in [-0.25, -0.2) is 17.7 Å². The molecular formula is C11H18N4O2S. The van der Waals surface area contributed by atoms with Crippen LogP contribution in [0, 0.1) is 0 Å². The molecule has 0 saturated heterocycles. The molecule has 7 heteroatoms. The molecule has 0 amide bonds. The predicted octanol–water partition coefficient (Wildman–Crippen LogP) is 0.234. The Morgan fingerprint density at radius 2 is 2.06 bits per heavy atom. The van der Waals surface area contributed by atoms with Gasteiger partial charge < -0.3 is 11.1 Å². The molecule has 0 bridgehead atoms. The van der Waals surface area contributed by atoms with Crippen LogP contribution in [0.5, 0.6) is 0 Å². The first-order valence-electron chi connectivity index (χ1n) is 5.80. The second-order valence-electron chi connectivity index (χ2n) is 4.74. The van der Waals surface area contributed by atoms with Crippen LogP contribution in [0.15, 0.2) is 23.2 Å². The SMILES string of the molecule is CN(C)S(=O)(=O)c1ccc(NC2CC(N)C2)nc1. The van der Waals surface area contributed by atoms with Crippen LogP contribution >= 0.6 is 0 Å². The van der Waals surface area contributed by atoms with Crippen LogP contribution in [-0.4, -0.2) is 43.9 Å². The van der Waals surface area contributed by atoms with E-state index in [-0.39, 0.29) is 10.9 Å². The molecule has 100 valence electrons. The van der Waals surface area contributed by atoms with E-state index in [1.807, 2.05) is 0 Å². The normalized spacial score (nSPS) is 23.8. The Morgan fingerprint density at radius 1 is 1.39 bits per heavy atom. The zero-order valence-electron chi connectivity index (χ0n) is 10.5. The molecule has 1 fully saturated rings. The summed E-state index contributed by atoms with van der Waals surface area (Å²) in [7, 11) is -0.405. The van der Waals surface area contributed by atoms with Crippen molar-refractivity contribution in [3.05, 3.63) is 18.3 Å². The minimum absolute atomic E-state index is 0.198. The summed E-state index contributed by atoms with van der Waals surface area (Å²) >= 11 is 0. The number of hydrogen-bond donors (Lipinski definition) is 2. The van der Waals surface area contributed by atoms with Crippen molar-refractivity contribution in [3.63, 3.8) is 0 Å². The van der Waals surface area contributed by atoms with Crippen molar-refractivity contribution >= 4 is 15.8 Å². The van der Waals surface area contributed by atoms with E-state index in [4.69, 9.17) is 5.73 Å². The van der Waals surface area contributed by atoms with E-state index < -0.39 is 10.0 Å². The molecule has 0 radical (unpaired) electrons. The first-order valence-corrected chi connectivity index (χ1v) is 7.24. The van der Waals surface area contributed by atoms with Crippen molar-refractivity contribution < 1.29 is 8.42 Å². The van der Waals surface area contributed by atoms with E-state index >= 15 is 0 Å². The Labute approximate surface area is 107 Å². The van der Waals surface area contributed by atoms with Crippen LogP contribution in [-0.2, 0) is 10.0 Å². The van der Waals surface area contributed by atoms with Crippen LogP contribution < -0.4 is 11.1 Å². The Hall–Kier alpha value is -1.18. The minimum atomic E-state index is -3.40. The molecule has 0 spiro atoms. The van der Waals surface area contributed by atoms with Gasteiger partial charge in [0.1, 0.15) is 10.7 Å². The Balaban J connectivity index is 2.06. The maximum atomic E-state index is 11.8. The molecule has 0 aliphatic heterocycles. The first kappa shape index (κ1) is 13.3. The van der Waals surface area contributed by atoms with Gasteiger partial charge in [-0.2, -0.15) is 0 Å². The third-order valence-electron chi connectivity index (χ3n) is 3.04. The highest BCUT2D eigenvalue weighted by molar-refractivity contribution is 7.89. The van der Waals surface area contributed by atoms with E-state index in [0.29, 0.717) is 11.9 Å². The topological polar surface area (TPSA) is 88.3 Å². The molecular weight excluding hydrogens is 252 g/mol. The lowest BCUT2D eigenvalue weighted by atomic mass is 9.88. The van der Waals surface area contributed by atoms with Gasteiger partial charge in [-0.15, -0.1) is 0 Å². The minimum Gasteiger partial charge on any atom is -0.367 e. The third-order valence-corrected chi connectivity index (χ3v) is 4.84. The molecule has 1 heterocycles. The number of sulfonamides is 1. The number of rotatable bonds is 4. The van der Waals surface area contributed by atoms with Gasteiger partial charge in [0.05, 0.1) is 0 Å². The summed E-state index contributed by atoms with van der Waals surface area (Å²) in [4.78, 5) is 4.31. The summed E-state index contributed by atoms with van der Waals surface area (Å²) in [6.45, 7) is 0. The molecule has 2 rings (SSSR count). The number of nitrogens with one attached hydrogen (secondary N) is 1. The standard InChI is InChI=1S/C11H18N4O2S/c1-15(2)18(16,17)10-3-4-11(13-7-10)14-9-5-8(12)6-9/h3-4,7-9H,5-6,12H2,1-2H3,(H,13,14). The van der Waals surface area contributed by atoms with Crippen LogP contribution in [0.4, 0.5) is 5.82 Å². The van der Waals surface area contributed by atoms with Gasteiger partial charge in [0.2, 0.25) is 10.0 Å². The molecule has 18 heavy (non-hydrogen) atoms. The second kappa shape index (κ2) is 4.83. The van der Waals surface area contributed by atoms with E-state index in [1.54, 1.807) is 12.1 Å². The number of nitrogens with zero attached hydrogens (tertiary/aromatic N) is 2. The molecule has 6 nitrogen and oxygen atoms in total. The molecule has 1 saturated carbocycles. The van der Waals surface area contributed by atoms with Crippen molar-refractivity contribution in [2.24, 2.45) is 5.73 Å². The van der Waals surface area contributed by atoms with Gasteiger partial charge in [-0.3, -0.25) is 0 Å². The fourth-order valence-electron chi connectivity index (χ4n) is 1.82. The van der Waals surface area contributed by atoms with Crippen LogP contribution in [0.1, 0.15) is 12.8 Å². The zero-order chi connectivity index (χ0) is 13.3. The van der Waals surface area contributed by atoms with Gasteiger partial charge in [-0.05, 0) is 25.0 Å². The molecule has 1 aromatic rings. The first-order chi connectivity index (χ1) is 8.39. The van der Waals surface area contributed by atoms with Crippen molar-refractivity contribution in [2.45, 2.75) is 29.8 Å². The van der Waals surface area contributed by atoms with Crippen molar-refractivity contribution in [1.29, 1.82) is 0 Å². The quantitative estimate of drug-likeness (QED) is 0.818. The molecule has 3 N–H and O–H groups in total. The third kappa shape index (κ3) is 2.63. The lowest BCUT2D eigenvalue weighted by Gasteiger charge is -2.33. The number of aromatic nitrogens is 1. The van der Waals surface area contributed by atoms with E-state index in [0.717, 1.165) is 12.8 Å². The highest BCUT2D eigenvalue weighted by Gasteiger charge is 2.26. The summed E-state index contributed by atoms with van der Waals surface area (Å²) in [5.41, 5.74) is 5.69. The molecule has 0 atom stereocenters. The average molecular weight is 270 g/mol. The van der Waals surface area contributed by atoms with E-state index in [1.165, 1.54) is 24.6 Å². The summed E-state index contributed by atoms with van der Waals surface area (Å²) in [6.07, 6.45) is 3.23. The second-order valence-corrected chi connectivity index (χ2v) is 6.89. The van der Waals surface area contributed by atoms with Crippen LogP contribution in [0.2, 0.25) is 0 Å². The lowest BCUT2D eigenvalue weighted by Crippen LogP contribution is -2.44. The molecule has 1 aromatic heterocycles. The van der Waals surface area contributed by atoms with E-state index in [2.05, 4.69) is 10.3 Å². The summed E-state index contributed by atoms with van der Waals surface area (Å²) < 4.78 is 24.8. The smallest absolute Gasteiger partial charge is 0.244 e. The van der Waals surface area contributed by atoms with Crippen LogP contribution in [0.25, 0.3) is 0 Å². The largest absolute Gasteiger partial charge is 0.367 e. The van der Waals surface area contributed by atoms with Gasteiger partial charge in [0, 0.05) is 32.4 Å². The van der Waals surface area contributed by atoms with Crippen molar-refractivity contribution in [3.8, 4) is 0 Å². The van der Waals surface area contributed by atoms with Gasteiger partial charge in [-0.1, -0.05) is 0 Å². The zero-order valence-corrected chi connectivity index (χ0v) is 11.3. The highest BCUT2D eigenvalue weighted by atomic mass is 32.2. The summed E-state index contributed by atoms with van der Waals surface area (Å²) in [6, 6.07) is 3.86.